The molecule has 0 aliphatic rings. The van der Waals surface area contributed by atoms with Crippen molar-refractivity contribution < 1.29 is 22.8 Å². The summed E-state index contributed by atoms with van der Waals surface area (Å²) in [5.74, 6) is -1.53. The van der Waals surface area contributed by atoms with Gasteiger partial charge in [0.1, 0.15) is 15.4 Å². The van der Waals surface area contributed by atoms with E-state index in [-0.39, 0.29) is 31.9 Å². The number of thiophene rings is 1. The standard InChI is InChI=1S/C31H27F3N8O2S/c1-5-41-14-21(15(3)40-41)18-12-24(31(32,33)34)38-30-25(18)26(27(45-30)28(35)43)39-29(44)19-11-23(20-13-36-42(6-2)16(20)4)37-22-10-8-7-9-17(19)22/h7-14H,5-6H2,1-4H3,(H2,35,43)(H,39,44). The number of para-hydroxylation sites is 1. The lowest BCUT2D eigenvalue weighted by molar-refractivity contribution is -0.140. The molecule has 6 aromatic rings. The summed E-state index contributed by atoms with van der Waals surface area (Å²) in [4.78, 5) is 35.2. The van der Waals surface area contributed by atoms with E-state index in [1.54, 1.807) is 54.3 Å². The molecular formula is C31H27F3N8O2S. The Kier molecular flexibility index (Phi) is 7.39. The zero-order chi connectivity index (χ0) is 32.2. The number of amides is 2. The minimum absolute atomic E-state index is 0.0233. The zero-order valence-corrected chi connectivity index (χ0v) is 25.5. The predicted octanol–water partition coefficient (Wildman–Crippen LogP) is 6.60. The van der Waals surface area contributed by atoms with Crippen LogP contribution in [0.3, 0.4) is 0 Å². The van der Waals surface area contributed by atoms with Gasteiger partial charge in [-0.15, -0.1) is 11.3 Å². The summed E-state index contributed by atoms with van der Waals surface area (Å²) in [6, 6.07) is 9.64. The Labute approximate surface area is 258 Å². The van der Waals surface area contributed by atoms with Gasteiger partial charge < -0.3 is 11.1 Å². The Balaban J connectivity index is 1.57. The van der Waals surface area contributed by atoms with Gasteiger partial charge in [0, 0.05) is 46.9 Å². The van der Waals surface area contributed by atoms with E-state index in [0.29, 0.717) is 52.3 Å². The molecule has 0 radical (unpaired) electrons. The Morgan fingerprint density at radius 1 is 1.02 bits per heavy atom. The smallest absolute Gasteiger partial charge is 0.365 e. The summed E-state index contributed by atoms with van der Waals surface area (Å²) in [6.45, 7) is 8.53. The van der Waals surface area contributed by atoms with E-state index in [2.05, 4.69) is 20.5 Å². The lowest BCUT2D eigenvalue weighted by Gasteiger charge is -2.13. The van der Waals surface area contributed by atoms with Crippen LogP contribution >= 0.6 is 11.3 Å². The number of anilines is 1. The SMILES string of the molecule is CCn1cc(-c2cc(C(F)(F)F)nc3sc(C(N)=O)c(NC(=O)c4cc(-c5cnn(CC)c5C)nc5ccccc45)c23)c(C)n1. The zero-order valence-electron chi connectivity index (χ0n) is 24.7. The fourth-order valence-corrected chi connectivity index (χ4v) is 6.40. The van der Waals surface area contributed by atoms with E-state index in [0.717, 1.165) is 17.3 Å². The summed E-state index contributed by atoms with van der Waals surface area (Å²) < 4.78 is 45.4. The van der Waals surface area contributed by atoms with Crippen LogP contribution in [0, 0.1) is 13.8 Å². The number of alkyl halides is 3. The summed E-state index contributed by atoms with van der Waals surface area (Å²) in [6.07, 6.45) is -1.46. The largest absolute Gasteiger partial charge is 0.433 e. The molecule has 2 amide bonds. The van der Waals surface area contributed by atoms with Crippen LogP contribution in [0.2, 0.25) is 0 Å². The van der Waals surface area contributed by atoms with Gasteiger partial charge >= 0.3 is 6.18 Å². The van der Waals surface area contributed by atoms with Crippen molar-refractivity contribution in [2.75, 3.05) is 5.32 Å². The van der Waals surface area contributed by atoms with Gasteiger partial charge in [0.2, 0.25) is 0 Å². The average molecular weight is 633 g/mol. The number of rotatable bonds is 7. The molecule has 14 heteroatoms. The van der Waals surface area contributed by atoms with Crippen LogP contribution < -0.4 is 11.1 Å². The van der Waals surface area contributed by atoms with Gasteiger partial charge in [-0.25, -0.2) is 9.97 Å². The van der Waals surface area contributed by atoms with Crippen molar-refractivity contribution in [3.8, 4) is 22.4 Å². The molecule has 0 aliphatic heterocycles. The number of nitrogens with zero attached hydrogens (tertiary/aromatic N) is 6. The van der Waals surface area contributed by atoms with Crippen molar-refractivity contribution in [1.82, 2.24) is 29.5 Å². The monoisotopic (exact) mass is 632 g/mol. The molecule has 10 nitrogen and oxygen atoms in total. The average Bonchev–Trinajstić information content (AvgIpc) is 3.69. The molecule has 3 N–H and O–H groups in total. The molecule has 0 saturated carbocycles. The summed E-state index contributed by atoms with van der Waals surface area (Å²) in [5.41, 5.74) is 8.45. The highest BCUT2D eigenvalue weighted by Crippen LogP contribution is 2.44. The molecule has 0 unspecified atom stereocenters. The molecule has 0 fully saturated rings. The van der Waals surface area contributed by atoms with Crippen LogP contribution in [-0.4, -0.2) is 41.3 Å². The normalized spacial score (nSPS) is 11.9. The number of nitrogens with one attached hydrogen (secondary N) is 1. The third kappa shape index (κ3) is 5.20. The summed E-state index contributed by atoms with van der Waals surface area (Å²) in [5, 5.41) is 12.3. The van der Waals surface area contributed by atoms with Gasteiger partial charge in [-0.2, -0.15) is 23.4 Å². The quantitative estimate of drug-likeness (QED) is 0.204. The molecule has 45 heavy (non-hydrogen) atoms. The van der Waals surface area contributed by atoms with Crippen molar-refractivity contribution >= 4 is 50.0 Å². The summed E-state index contributed by atoms with van der Waals surface area (Å²) in [7, 11) is 0. The second kappa shape index (κ2) is 11.1. The number of aromatic nitrogens is 6. The minimum Gasteiger partial charge on any atom is -0.365 e. The number of carbonyl (C=O) groups excluding carboxylic acids is 2. The van der Waals surface area contributed by atoms with Crippen molar-refractivity contribution in [3.63, 3.8) is 0 Å². The molecule has 0 bridgehead atoms. The predicted molar refractivity (Wildman–Crippen MR) is 166 cm³/mol. The van der Waals surface area contributed by atoms with E-state index in [1.165, 1.54) is 0 Å². The third-order valence-corrected chi connectivity index (χ3v) is 8.71. The van der Waals surface area contributed by atoms with Gasteiger partial charge in [-0.05, 0) is 51.5 Å². The highest BCUT2D eigenvalue weighted by Gasteiger charge is 2.35. The van der Waals surface area contributed by atoms with Gasteiger partial charge in [0.25, 0.3) is 11.8 Å². The van der Waals surface area contributed by atoms with Crippen molar-refractivity contribution in [3.05, 3.63) is 76.3 Å². The van der Waals surface area contributed by atoms with Gasteiger partial charge in [-0.1, -0.05) is 18.2 Å². The molecule has 5 heterocycles. The molecular weight excluding hydrogens is 605 g/mol. The van der Waals surface area contributed by atoms with Crippen LogP contribution in [0.25, 0.3) is 43.5 Å². The fourth-order valence-electron chi connectivity index (χ4n) is 5.39. The molecule has 230 valence electrons. The van der Waals surface area contributed by atoms with Crippen LogP contribution in [0.5, 0.6) is 0 Å². The number of primary amides is 1. The lowest BCUT2D eigenvalue weighted by atomic mass is 10.0. The van der Waals surface area contributed by atoms with Crippen LogP contribution in [0.15, 0.2) is 48.8 Å². The Bertz CT molecular complexity index is 2140. The first-order chi connectivity index (χ1) is 21.4. The molecule has 0 saturated heterocycles. The van der Waals surface area contributed by atoms with Gasteiger partial charge in [-0.3, -0.25) is 19.0 Å². The first-order valence-electron chi connectivity index (χ1n) is 14.0. The van der Waals surface area contributed by atoms with Crippen molar-refractivity contribution in [1.29, 1.82) is 0 Å². The van der Waals surface area contributed by atoms with E-state index in [1.807, 2.05) is 25.5 Å². The van der Waals surface area contributed by atoms with Gasteiger partial charge in [0.15, 0.2) is 0 Å². The number of pyridine rings is 2. The van der Waals surface area contributed by atoms with Crippen molar-refractivity contribution in [2.24, 2.45) is 5.73 Å². The topological polar surface area (TPSA) is 134 Å². The minimum atomic E-state index is -4.77. The number of benzene rings is 1. The number of carbonyl (C=O) groups is 2. The number of fused-ring (bicyclic) bond motifs is 2. The maximum atomic E-state index is 14.1. The van der Waals surface area contributed by atoms with E-state index >= 15 is 0 Å². The first-order valence-corrected chi connectivity index (χ1v) is 14.9. The highest BCUT2D eigenvalue weighted by molar-refractivity contribution is 7.21. The van der Waals surface area contributed by atoms with E-state index < -0.39 is 23.7 Å². The number of hydrogen-bond acceptors (Lipinski definition) is 7. The van der Waals surface area contributed by atoms with Gasteiger partial charge in [0.05, 0.1) is 34.4 Å². The first kappa shape index (κ1) is 29.9. The molecule has 1 aromatic carbocycles. The molecule has 0 atom stereocenters. The molecule has 5 aromatic heterocycles. The Morgan fingerprint density at radius 3 is 2.42 bits per heavy atom. The maximum absolute atomic E-state index is 14.1. The number of nitrogens with two attached hydrogens (primary N) is 1. The molecule has 0 spiro atoms. The fraction of sp³-hybridized carbons (Fsp3) is 0.226. The second-order valence-electron chi connectivity index (χ2n) is 10.4. The third-order valence-electron chi connectivity index (χ3n) is 7.61. The lowest BCUT2D eigenvalue weighted by Crippen LogP contribution is -2.17. The van der Waals surface area contributed by atoms with Crippen LogP contribution in [0.4, 0.5) is 18.9 Å². The number of aryl methyl sites for hydroxylation is 3. The Hall–Kier alpha value is -5.11. The maximum Gasteiger partial charge on any atom is 0.433 e. The summed E-state index contributed by atoms with van der Waals surface area (Å²) >= 11 is 0.687. The van der Waals surface area contributed by atoms with Crippen LogP contribution in [-0.2, 0) is 19.3 Å². The number of hydrogen-bond donors (Lipinski definition) is 2. The Morgan fingerprint density at radius 2 is 1.78 bits per heavy atom. The van der Waals surface area contributed by atoms with E-state index in [4.69, 9.17) is 10.7 Å². The molecule has 0 aliphatic carbocycles. The number of halogens is 3. The van der Waals surface area contributed by atoms with Crippen LogP contribution in [0.1, 0.15) is 51.0 Å². The second-order valence-corrected chi connectivity index (χ2v) is 11.4. The van der Waals surface area contributed by atoms with Crippen molar-refractivity contribution in [2.45, 2.75) is 47.0 Å². The molecule has 6 rings (SSSR count). The highest BCUT2D eigenvalue weighted by atomic mass is 32.1. The van der Waals surface area contributed by atoms with E-state index in [9.17, 15) is 22.8 Å².